The molecule has 0 unspecified atom stereocenters. The van der Waals surface area contributed by atoms with E-state index in [4.69, 9.17) is 0 Å². The monoisotopic (exact) mass is 536 g/mol. The number of benzene rings is 1. The molecule has 0 atom stereocenters. The number of sulfone groups is 1. The molecule has 0 radical (unpaired) electrons. The zero-order valence-corrected chi connectivity index (χ0v) is 20.0. The minimum absolute atomic E-state index is 0.00234. The molecule has 0 aliphatic carbocycles. The zero-order valence-electron chi connectivity index (χ0n) is 19.2. The summed E-state index contributed by atoms with van der Waals surface area (Å²) in [7, 11) is -4.20. The molecule has 1 aromatic carbocycles. The van der Waals surface area contributed by atoms with Crippen molar-refractivity contribution in [2.75, 3.05) is 19.6 Å². The van der Waals surface area contributed by atoms with Gasteiger partial charge in [-0.25, -0.2) is 13.9 Å². The van der Waals surface area contributed by atoms with Gasteiger partial charge >= 0.3 is 12.1 Å². The Labute approximate surface area is 204 Å². The van der Waals surface area contributed by atoms with Crippen LogP contribution in [0.4, 0.5) is 22.0 Å². The molecule has 0 saturated carbocycles. The lowest BCUT2D eigenvalue weighted by atomic mass is 9.95. The molecule has 1 aromatic heterocycles. The van der Waals surface area contributed by atoms with Gasteiger partial charge in [0.15, 0.2) is 14.6 Å². The van der Waals surface area contributed by atoms with E-state index in [0.717, 1.165) is 6.20 Å². The average Bonchev–Trinajstić information content (AvgIpc) is 2.86. The van der Waals surface area contributed by atoms with Crippen molar-refractivity contribution in [2.45, 2.75) is 54.3 Å². The van der Waals surface area contributed by atoms with Crippen molar-refractivity contribution in [3.8, 4) is 11.3 Å². The summed E-state index contributed by atoms with van der Waals surface area (Å²) >= 11 is 0. The normalized spacial score (nSPS) is 17.1. The predicted molar refractivity (Wildman–Crippen MR) is 118 cm³/mol. The van der Waals surface area contributed by atoms with E-state index in [-0.39, 0.29) is 29.1 Å². The van der Waals surface area contributed by atoms with E-state index in [9.17, 15) is 40.4 Å². The molecule has 8 nitrogen and oxygen atoms in total. The highest BCUT2D eigenvalue weighted by molar-refractivity contribution is 7.93. The fraction of sp³-hybridized carbons (Fsp3) is 0.500. The first-order chi connectivity index (χ1) is 16.8. The largest absolute Gasteiger partial charge is 0.453 e. The average molecular weight is 537 g/mol. The molecular weight excluding hydrogens is 511 g/mol. The number of halogens is 5. The molecule has 0 spiro atoms. The highest BCUT2D eigenvalue weighted by Gasteiger charge is 2.56. The van der Waals surface area contributed by atoms with Gasteiger partial charge in [0, 0.05) is 31.3 Å². The number of carbonyl (C=O) groups is 1. The number of aryl methyl sites for hydroxylation is 1. The lowest BCUT2D eigenvalue weighted by molar-refractivity contribution is -0.284. The molecule has 0 bridgehead atoms. The number of carbonyl (C=O) groups excluding carboxylic acids is 1. The van der Waals surface area contributed by atoms with Crippen LogP contribution in [-0.2, 0) is 21.1 Å². The number of alkyl halides is 5. The van der Waals surface area contributed by atoms with Gasteiger partial charge in [0.1, 0.15) is 0 Å². The van der Waals surface area contributed by atoms with Crippen molar-refractivity contribution in [1.29, 1.82) is 0 Å². The summed E-state index contributed by atoms with van der Waals surface area (Å²) in [5.41, 5.74) is 2.08. The molecule has 36 heavy (non-hydrogen) atoms. The van der Waals surface area contributed by atoms with Crippen LogP contribution >= 0.6 is 0 Å². The van der Waals surface area contributed by atoms with Crippen molar-refractivity contribution in [2.24, 2.45) is 0 Å². The predicted octanol–water partition coefficient (Wildman–Crippen LogP) is 3.41. The number of hydrogen-bond acceptors (Lipinski definition) is 7. The van der Waals surface area contributed by atoms with Crippen LogP contribution in [0.15, 0.2) is 41.6 Å². The van der Waals surface area contributed by atoms with Gasteiger partial charge in [0.2, 0.25) is 0 Å². The fourth-order valence-electron chi connectivity index (χ4n) is 4.04. The number of aromatic nitrogens is 2. The molecule has 1 aliphatic rings. The van der Waals surface area contributed by atoms with Crippen molar-refractivity contribution in [3.63, 3.8) is 0 Å². The Bertz CT molecular complexity index is 1160. The van der Waals surface area contributed by atoms with E-state index in [1.807, 2.05) is 11.8 Å². The summed E-state index contributed by atoms with van der Waals surface area (Å²) in [6.45, 7) is 3.33. The smallest absolute Gasteiger partial charge is 0.303 e. The van der Waals surface area contributed by atoms with E-state index >= 15 is 0 Å². The van der Waals surface area contributed by atoms with Crippen molar-refractivity contribution >= 4 is 15.7 Å². The van der Waals surface area contributed by atoms with Crippen LogP contribution in [0.2, 0.25) is 0 Å². The van der Waals surface area contributed by atoms with E-state index in [0.29, 0.717) is 25.2 Å². The Morgan fingerprint density at radius 2 is 1.69 bits per heavy atom. The lowest BCUT2D eigenvalue weighted by Crippen LogP contribution is -2.57. The number of nitrogens with zero attached hydrogens (tertiary/aromatic N) is 3. The summed E-state index contributed by atoms with van der Waals surface area (Å²) in [5, 5.41) is 9.23. The Hall–Kier alpha value is -2.71. The maximum absolute atomic E-state index is 13.5. The second-order valence-corrected chi connectivity index (χ2v) is 10.8. The fourth-order valence-corrected chi connectivity index (χ4v) is 6.00. The molecule has 1 amide bonds. The van der Waals surface area contributed by atoms with E-state index in [1.165, 1.54) is 35.9 Å². The molecule has 2 N–H and O–H groups in total. The van der Waals surface area contributed by atoms with Gasteiger partial charge in [0.05, 0.1) is 22.5 Å². The van der Waals surface area contributed by atoms with E-state index in [1.54, 1.807) is 0 Å². The Kier molecular flexibility index (Phi) is 8.01. The second-order valence-electron chi connectivity index (χ2n) is 8.49. The number of likely N-dealkylation sites (tertiary alicyclic amines) is 1. The van der Waals surface area contributed by atoms with Gasteiger partial charge in [-0.1, -0.05) is 19.1 Å². The highest BCUT2D eigenvalue weighted by atomic mass is 32.2. The summed E-state index contributed by atoms with van der Waals surface area (Å²) in [5.74, 6) is -5.84. The lowest BCUT2D eigenvalue weighted by Gasteiger charge is -2.39. The number of piperidine rings is 1. The summed E-state index contributed by atoms with van der Waals surface area (Å²) in [6, 6.07) is 5.39. The van der Waals surface area contributed by atoms with Gasteiger partial charge in [0.25, 0.3) is 5.91 Å². The molecule has 2 heterocycles. The number of rotatable bonds is 8. The highest BCUT2D eigenvalue weighted by Crippen LogP contribution is 2.39. The number of hydroxylamine groups is 1. The summed E-state index contributed by atoms with van der Waals surface area (Å²) in [4.78, 5) is 22.3. The van der Waals surface area contributed by atoms with E-state index < -0.39 is 45.4 Å². The SMILES string of the molecule is CCN1CCC(C(=O)NO)(S(=O)(=O)c2ccc(-c3cnc(CCC(F)(F)C(F)(F)F)cn3)cc2)CC1. The summed E-state index contributed by atoms with van der Waals surface area (Å²) < 4.78 is 88.2. The molecular formula is C22H25F5N4O4S. The molecule has 2 aromatic rings. The van der Waals surface area contributed by atoms with E-state index in [2.05, 4.69) is 9.97 Å². The minimum Gasteiger partial charge on any atom is -0.303 e. The molecule has 198 valence electrons. The maximum atomic E-state index is 13.5. The third-order valence-electron chi connectivity index (χ3n) is 6.42. The quantitative estimate of drug-likeness (QED) is 0.302. The Morgan fingerprint density at radius 1 is 1.08 bits per heavy atom. The first-order valence-electron chi connectivity index (χ1n) is 11.0. The molecule has 1 fully saturated rings. The Balaban J connectivity index is 1.79. The number of hydrogen-bond donors (Lipinski definition) is 2. The Morgan fingerprint density at radius 3 is 2.17 bits per heavy atom. The van der Waals surface area contributed by atoms with Crippen LogP contribution in [0.3, 0.4) is 0 Å². The maximum Gasteiger partial charge on any atom is 0.453 e. The van der Waals surface area contributed by atoms with Gasteiger partial charge in [-0.2, -0.15) is 22.0 Å². The van der Waals surface area contributed by atoms with Crippen molar-refractivity contribution in [1.82, 2.24) is 20.3 Å². The number of amides is 1. The topological polar surface area (TPSA) is 112 Å². The van der Waals surface area contributed by atoms with Crippen LogP contribution < -0.4 is 5.48 Å². The molecule has 3 rings (SSSR count). The van der Waals surface area contributed by atoms with Gasteiger partial charge in [-0.3, -0.25) is 20.0 Å². The minimum atomic E-state index is -5.65. The third-order valence-corrected chi connectivity index (χ3v) is 8.93. The third kappa shape index (κ3) is 5.34. The standard InChI is InChI=1S/C22H25F5N4O4S/c1-2-31-11-9-20(10-12-31,19(32)30-33)36(34,35)17-5-3-15(4-6-17)18-14-28-16(13-29-18)7-8-21(23,24)22(25,26)27/h3-6,13-14,33H,2,7-12H2,1H3,(H,30,32). The summed E-state index contributed by atoms with van der Waals surface area (Å²) in [6.07, 6.45) is -5.49. The van der Waals surface area contributed by atoms with Gasteiger partial charge in [-0.15, -0.1) is 0 Å². The molecule has 14 heteroatoms. The number of nitrogens with one attached hydrogen (secondary N) is 1. The molecule has 1 aliphatic heterocycles. The van der Waals surface area contributed by atoms with Crippen molar-refractivity contribution in [3.05, 3.63) is 42.4 Å². The van der Waals surface area contributed by atoms with Crippen LogP contribution in [0.5, 0.6) is 0 Å². The van der Waals surface area contributed by atoms with Crippen LogP contribution in [-0.4, -0.2) is 70.9 Å². The first kappa shape index (κ1) is 27.9. The second kappa shape index (κ2) is 10.3. The van der Waals surface area contributed by atoms with Crippen molar-refractivity contribution < 1.29 is 40.4 Å². The van der Waals surface area contributed by atoms with Gasteiger partial charge in [-0.05, 0) is 37.9 Å². The molecule has 1 saturated heterocycles. The van der Waals surface area contributed by atoms with Gasteiger partial charge < -0.3 is 4.90 Å². The van der Waals surface area contributed by atoms with Crippen LogP contribution in [0.1, 0.15) is 31.9 Å². The van der Waals surface area contributed by atoms with Crippen LogP contribution in [0, 0.1) is 0 Å². The zero-order chi connectivity index (χ0) is 26.8. The first-order valence-corrected chi connectivity index (χ1v) is 12.5. The van der Waals surface area contributed by atoms with Crippen LogP contribution in [0.25, 0.3) is 11.3 Å².